The summed E-state index contributed by atoms with van der Waals surface area (Å²) in [5, 5.41) is 20.5. The van der Waals surface area contributed by atoms with Gasteiger partial charge in [0.15, 0.2) is 0 Å². The molecule has 9 rings (SSSR count). The van der Waals surface area contributed by atoms with Gasteiger partial charge in [-0.1, -0.05) is 12.1 Å². The van der Waals surface area contributed by atoms with Gasteiger partial charge in [-0.05, 0) is 119 Å². The summed E-state index contributed by atoms with van der Waals surface area (Å²) in [6.07, 6.45) is 7.88. The quantitative estimate of drug-likeness (QED) is 0.107. The third-order valence-electron chi connectivity index (χ3n) is 13.5. The van der Waals surface area contributed by atoms with Crippen molar-refractivity contribution in [1.29, 1.82) is 0 Å². The second-order valence-corrected chi connectivity index (χ2v) is 19.8. The summed E-state index contributed by atoms with van der Waals surface area (Å²) < 4.78 is 28.7. The van der Waals surface area contributed by atoms with Gasteiger partial charge in [-0.3, -0.25) is 34.2 Å². The van der Waals surface area contributed by atoms with E-state index in [0.29, 0.717) is 52.2 Å². The van der Waals surface area contributed by atoms with Gasteiger partial charge in [0.05, 0.1) is 32.0 Å². The van der Waals surface area contributed by atoms with Crippen LogP contribution in [-0.4, -0.2) is 86.6 Å². The van der Waals surface area contributed by atoms with Crippen LogP contribution in [0.1, 0.15) is 132 Å². The largest absolute Gasteiger partial charge is 0.386 e. The molecule has 16 heteroatoms. The third kappa shape index (κ3) is 8.12. The molecule has 13 nitrogen and oxygen atoms in total. The Bertz CT molecular complexity index is 2470. The summed E-state index contributed by atoms with van der Waals surface area (Å²) in [6, 6.07) is 11.7. The lowest BCUT2D eigenvalue weighted by Gasteiger charge is -2.60. The molecule has 62 heavy (non-hydrogen) atoms. The van der Waals surface area contributed by atoms with Gasteiger partial charge in [-0.25, -0.2) is 9.97 Å². The summed E-state index contributed by atoms with van der Waals surface area (Å²) in [5.41, 5.74) is 1.24. The molecule has 2 saturated carbocycles. The van der Waals surface area contributed by atoms with Crippen LogP contribution in [0.2, 0.25) is 0 Å². The smallest absolute Gasteiger partial charge is 0.287 e. The summed E-state index contributed by atoms with van der Waals surface area (Å²) in [4.78, 5) is 76.4. The fraction of sp³-hybridized carbons (Fsp3) is 0.500. The maximum Gasteiger partial charge on any atom is 0.287 e. The average molecular weight is 868 g/mol. The Hall–Kier alpha value is -5.19. The minimum Gasteiger partial charge on any atom is -0.386 e. The number of alkyl halides is 2. The van der Waals surface area contributed by atoms with E-state index in [2.05, 4.69) is 25.8 Å². The van der Waals surface area contributed by atoms with E-state index in [0.717, 1.165) is 78.8 Å². The van der Waals surface area contributed by atoms with E-state index in [9.17, 15) is 37.9 Å². The maximum atomic E-state index is 13.9. The first-order valence-electron chi connectivity index (χ1n) is 21.6. The zero-order valence-corrected chi connectivity index (χ0v) is 35.9. The fourth-order valence-corrected chi connectivity index (χ4v) is 11.6. The van der Waals surface area contributed by atoms with Crippen molar-refractivity contribution in [2.24, 2.45) is 17.3 Å². The van der Waals surface area contributed by atoms with E-state index in [4.69, 9.17) is 4.98 Å². The van der Waals surface area contributed by atoms with Crippen LogP contribution in [-0.2, 0) is 21.1 Å². The SMILES string of the molecule is CC(C)(O)c1cc2nc(C3CCC(CN4CC5(CC(CCNc6cccc7c6C(=O)N(C6CCC(=O)NC6=O)C7=O)C5)C4)CC3)sc2cc1NC(=O)c1cccc(C(C)(F)F)n1. The molecule has 4 aromatic rings. The molecule has 2 aromatic heterocycles. The molecule has 0 bridgehead atoms. The number of nitrogens with zero attached hydrogens (tertiary/aromatic N) is 4. The van der Waals surface area contributed by atoms with Gasteiger partial charge in [0, 0.05) is 62.4 Å². The van der Waals surface area contributed by atoms with E-state index in [-0.39, 0.29) is 24.1 Å². The predicted octanol–water partition coefficient (Wildman–Crippen LogP) is 7.17. The van der Waals surface area contributed by atoms with Gasteiger partial charge >= 0.3 is 0 Å². The molecule has 5 amide bonds. The van der Waals surface area contributed by atoms with Crippen LogP contribution in [0.15, 0.2) is 48.5 Å². The lowest BCUT2D eigenvalue weighted by molar-refractivity contribution is -0.136. The number of nitrogens with one attached hydrogen (secondary N) is 3. The third-order valence-corrected chi connectivity index (χ3v) is 14.7. The van der Waals surface area contributed by atoms with Gasteiger partial charge in [0.2, 0.25) is 11.8 Å². The van der Waals surface area contributed by atoms with Crippen LogP contribution in [0.3, 0.4) is 0 Å². The number of imide groups is 2. The van der Waals surface area contributed by atoms with E-state index >= 15 is 0 Å². The van der Waals surface area contributed by atoms with Crippen molar-refractivity contribution in [1.82, 2.24) is 25.1 Å². The number of hydrogen-bond acceptors (Lipinski definition) is 11. The van der Waals surface area contributed by atoms with E-state index in [1.54, 1.807) is 43.4 Å². The number of likely N-dealkylation sites (tertiary alicyclic amines) is 1. The Morgan fingerprint density at radius 3 is 2.39 bits per heavy atom. The highest BCUT2D eigenvalue weighted by Crippen LogP contribution is 2.53. The van der Waals surface area contributed by atoms with Crippen LogP contribution >= 0.6 is 11.3 Å². The average Bonchev–Trinajstić information content (AvgIpc) is 3.73. The minimum atomic E-state index is -3.19. The Morgan fingerprint density at radius 1 is 0.935 bits per heavy atom. The number of anilines is 2. The molecule has 1 atom stereocenters. The highest BCUT2D eigenvalue weighted by molar-refractivity contribution is 7.18. The number of thiazole rings is 1. The molecule has 5 aliphatic rings. The predicted molar refractivity (Wildman–Crippen MR) is 229 cm³/mol. The molecule has 1 spiro atoms. The fourth-order valence-electron chi connectivity index (χ4n) is 10.5. The van der Waals surface area contributed by atoms with Gasteiger partial charge in [-0.15, -0.1) is 11.3 Å². The first-order chi connectivity index (χ1) is 29.4. The molecule has 326 valence electrons. The highest BCUT2D eigenvalue weighted by Gasteiger charge is 2.52. The zero-order valence-electron chi connectivity index (χ0n) is 35.1. The van der Waals surface area contributed by atoms with Crippen LogP contribution in [0, 0.1) is 17.3 Å². The number of fused-ring (bicyclic) bond motifs is 2. The molecule has 4 N–H and O–H groups in total. The van der Waals surface area contributed by atoms with E-state index < -0.39 is 52.8 Å². The molecular weight excluding hydrogens is 817 g/mol. The summed E-state index contributed by atoms with van der Waals surface area (Å²) in [7, 11) is 0. The number of hydrogen-bond donors (Lipinski definition) is 4. The number of piperidine rings is 1. The van der Waals surface area contributed by atoms with Crippen LogP contribution < -0.4 is 16.0 Å². The van der Waals surface area contributed by atoms with Crippen LogP contribution in [0.25, 0.3) is 10.2 Å². The molecule has 2 saturated heterocycles. The number of pyridine rings is 1. The van der Waals surface area contributed by atoms with Crippen molar-refractivity contribution >= 4 is 62.5 Å². The second kappa shape index (κ2) is 15.9. The van der Waals surface area contributed by atoms with Gasteiger partial charge in [0.25, 0.3) is 23.6 Å². The molecule has 3 aliphatic heterocycles. The Morgan fingerprint density at radius 2 is 1.68 bits per heavy atom. The van der Waals surface area contributed by atoms with Crippen LogP contribution in [0.4, 0.5) is 20.2 Å². The van der Waals surface area contributed by atoms with Crippen molar-refractivity contribution in [2.45, 2.75) is 102 Å². The monoisotopic (exact) mass is 867 g/mol. The lowest BCUT2D eigenvalue weighted by atomic mass is 9.57. The summed E-state index contributed by atoms with van der Waals surface area (Å²) in [5.74, 6) is -4.29. The van der Waals surface area contributed by atoms with Crippen molar-refractivity contribution in [2.75, 3.05) is 36.8 Å². The molecular formula is C46H51F2N7O6S. The number of carbonyl (C=O) groups is 5. The summed E-state index contributed by atoms with van der Waals surface area (Å²) >= 11 is 1.60. The Balaban J connectivity index is 0.735. The molecule has 0 radical (unpaired) electrons. The molecule has 2 aromatic carbocycles. The van der Waals surface area contributed by atoms with Crippen LogP contribution in [0.5, 0.6) is 0 Å². The van der Waals surface area contributed by atoms with Crippen molar-refractivity contribution in [3.05, 3.63) is 81.6 Å². The zero-order chi connectivity index (χ0) is 43.7. The number of rotatable bonds is 12. The normalized spacial score (nSPS) is 23.0. The molecule has 1 unspecified atom stereocenters. The minimum absolute atomic E-state index is 0.0818. The van der Waals surface area contributed by atoms with Gasteiger partial charge in [0.1, 0.15) is 17.4 Å². The molecule has 4 fully saturated rings. The number of aliphatic hydroxyl groups is 1. The summed E-state index contributed by atoms with van der Waals surface area (Å²) in [6.45, 7) is 8.03. The van der Waals surface area contributed by atoms with Gasteiger partial charge in [-0.2, -0.15) is 8.78 Å². The number of amides is 5. The molecule has 5 heterocycles. The Kier molecular flexibility index (Phi) is 10.8. The lowest BCUT2D eigenvalue weighted by Crippen LogP contribution is -2.63. The van der Waals surface area contributed by atoms with Gasteiger partial charge < -0.3 is 20.6 Å². The number of halogens is 2. The maximum absolute atomic E-state index is 13.9. The number of aromatic nitrogens is 2. The number of benzene rings is 2. The molecule has 2 aliphatic carbocycles. The number of carbonyl (C=O) groups excluding carboxylic acids is 5. The van der Waals surface area contributed by atoms with Crippen molar-refractivity contribution in [3.8, 4) is 0 Å². The Labute approximate surface area is 362 Å². The first kappa shape index (κ1) is 42.1. The van der Waals surface area contributed by atoms with E-state index in [1.165, 1.54) is 31.0 Å². The standard InChI is InChI=1S/C46H51F2N7O6S/c1-44(2,61)29-18-33-35(19-32(29)51-39(57)31-8-5-9-36(50-31)45(3,47)48)62-41(52-33)27-12-10-25(11-13-27)22-54-23-46(24-54)20-26(21-46)16-17-49-30-7-4-6-28-38(30)43(60)55(42(28)59)34-14-15-37(56)53-40(34)58/h4-9,18-19,25-27,34,49,61H,10-17,20-24H2,1-3H3,(H,51,57)(H,53,56,58). The topological polar surface area (TPSA) is 174 Å². The second-order valence-electron chi connectivity index (χ2n) is 18.8. The van der Waals surface area contributed by atoms with Crippen molar-refractivity contribution < 1.29 is 37.9 Å². The highest BCUT2D eigenvalue weighted by atomic mass is 32.1. The first-order valence-corrected chi connectivity index (χ1v) is 22.4. The van der Waals surface area contributed by atoms with E-state index in [1.807, 2.05) is 12.1 Å². The van der Waals surface area contributed by atoms with Crippen molar-refractivity contribution in [3.63, 3.8) is 0 Å².